The normalized spacial score (nSPS) is 20.9. The molecule has 0 amide bonds. The SMILES string of the molecule is CB(C)c1ccc(B(C)C)c2c1C1c3c(B(C)C)ccc(B(C)C)c3C13c1c(B(C)C)ccc(B(C)C)c1[C@@H]23. The van der Waals surface area contributed by atoms with Crippen molar-refractivity contribution in [3.05, 3.63) is 69.8 Å². The van der Waals surface area contributed by atoms with E-state index in [1.54, 1.807) is 66.2 Å². The van der Waals surface area contributed by atoms with Gasteiger partial charge in [0.2, 0.25) is 0 Å². The highest BCUT2D eigenvalue weighted by Gasteiger charge is 2.72. The predicted molar refractivity (Wildman–Crippen MR) is 186 cm³/mol. The molecule has 3 atom stereocenters. The zero-order chi connectivity index (χ0) is 28.3. The van der Waals surface area contributed by atoms with Crippen LogP contribution in [-0.2, 0) is 5.41 Å². The van der Waals surface area contributed by atoms with Gasteiger partial charge in [0.15, 0.2) is 40.3 Å². The van der Waals surface area contributed by atoms with Gasteiger partial charge >= 0.3 is 0 Å². The van der Waals surface area contributed by atoms with Crippen LogP contribution in [-0.4, -0.2) is 40.3 Å². The van der Waals surface area contributed by atoms with Gasteiger partial charge in [0.05, 0.1) is 0 Å². The van der Waals surface area contributed by atoms with Crippen molar-refractivity contribution in [1.82, 2.24) is 0 Å². The van der Waals surface area contributed by atoms with Crippen LogP contribution in [0.25, 0.3) is 0 Å². The van der Waals surface area contributed by atoms with E-state index in [1.807, 2.05) is 0 Å². The van der Waals surface area contributed by atoms with Crippen molar-refractivity contribution < 1.29 is 0 Å². The quantitative estimate of drug-likeness (QED) is 0.437. The van der Waals surface area contributed by atoms with Crippen LogP contribution in [0.4, 0.5) is 0 Å². The number of hydrogen-bond donors (Lipinski definition) is 0. The van der Waals surface area contributed by atoms with E-state index in [-0.39, 0.29) is 5.41 Å². The third kappa shape index (κ3) is 3.27. The summed E-state index contributed by atoms with van der Waals surface area (Å²) in [6.07, 6.45) is 0. The van der Waals surface area contributed by atoms with Crippen molar-refractivity contribution in [3.8, 4) is 0 Å². The molecule has 0 aliphatic heterocycles. The van der Waals surface area contributed by atoms with Gasteiger partial charge in [-0.05, 0) is 33.4 Å². The maximum atomic E-state index is 2.51. The van der Waals surface area contributed by atoms with Crippen molar-refractivity contribution in [2.75, 3.05) is 0 Å². The van der Waals surface area contributed by atoms with Crippen LogP contribution in [0.1, 0.15) is 45.2 Å². The van der Waals surface area contributed by atoms with Gasteiger partial charge in [0, 0.05) is 17.3 Å². The minimum Gasteiger partial charge on any atom is -0.0819 e. The molecule has 0 fully saturated rings. The van der Waals surface area contributed by atoms with E-state index in [4.69, 9.17) is 0 Å². The zero-order valence-corrected chi connectivity index (χ0v) is 26.6. The van der Waals surface area contributed by atoms with Gasteiger partial charge in [-0.2, -0.15) is 0 Å². The Bertz CT molecular complexity index is 1350. The van der Waals surface area contributed by atoms with E-state index in [2.05, 4.69) is 118 Å². The molecular weight excluding hydrogens is 461 g/mol. The van der Waals surface area contributed by atoms with Crippen LogP contribution >= 0.6 is 0 Å². The summed E-state index contributed by atoms with van der Waals surface area (Å²) in [5, 5.41) is 0. The Morgan fingerprint density at radius 2 is 0.590 bits per heavy atom. The van der Waals surface area contributed by atoms with Crippen molar-refractivity contribution >= 4 is 73.1 Å². The lowest BCUT2D eigenvalue weighted by Crippen LogP contribution is -2.65. The number of benzene rings is 3. The molecular formula is C33H44B6. The largest absolute Gasteiger partial charge is 0.170 e. The third-order valence-corrected chi connectivity index (χ3v) is 10.6. The minimum atomic E-state index is 0.0939. The smallest absolute Gasteiger partial charge is 0.0819 e. The minimum absolute atomic E-state index is 0.0939. The molecule has 0 bridgehead atoms. The predicted octanol–water partition coefficient (Wildman–Crippen LogP) is 4.35. The third-order valence-electron chi connectivity index (χ3n) is 10.6. The standard InChI is InChI=1S/C33H44B6/c1-34(2)19-13-14-20(35(3)4)26-25(19)31-27-21(36(5)6)15-17-23(38(9)10)29(27)33(31)30-24(39(11)12)18-16-22(37(7)8)28(30)32(26)33/h13-18,31-32H,1-12H3/t31-,32?,33?/m1/s1. The lowest BCUT2D eigenvalue weighted by molar-refractivity contribution is 0.342. The van der Waals surface area contributed by atoms with E-state index >= 15 is 0 Å². The fourth-order valence-corrected chi connectivity index (χ4v) is 9.05. The highest BCUT2D eigenvalue weighted by atomic mass is 14.7. The fraction of sp³-hybridized carbons (Fsp3) is 0.455. The first kappa shape index (κ1) is 27.2. The number of fused-ring (bicyclic) bond motifs is 7. The van der Waals surface area contributed by atoms with Crippen LogP contribution in [0.15, 0.2) is 36.4 Å². The Labute approximate surface area is 241 Å². The summed E-state index contributed by atoms with van der Waals surface area (Å²) in [5.41, 5.74) is 19.9. The Balaban J connectivity index is 1.84. The van der Waals surface area contributed by atoms with Crippen molar-refractivity contribution in [3.63, 3.8) is 0 Å². The first-order valence-electron chi connectivity index (χ1n) is 15.9. The van der Waals surface area contributed by atoms with Gasteiger partial charge in [-0.15, -0.1) is 0 Å². The van der Waals surface area contributed by atoms with Crippen LogP contribution < -0.4 is 32.8 Å². The Morgan fingerprint density at radius 1 is 0.359 bits per heavy atom. The molecule has 6 rings (SSSR count). The lowest BCUT2D eigenvalue weighted by Gasteiger charge is -2.62. The summed E-state index contributed by atoms with van der Waals surface area (Å²) in [6, 6.07) is 15.0. The highest BCUT2D eigenvalue weighted by Crippen LogP contribution is 2.75. The molecule has 3 aromatic rings. The Hall–Kier alpha value is -1.95. The fourth-order valence-electron chi connectivity index (χ4n) is 9.05. The zero-order valence-electron chi connectivity index (χ0n) is 26.6. The topological polar surface area (TPSA) is 0 Å². The number of hydrogen-bond acceptors (Lipinski definition) is 0. The molecule has 0 saturated carbocycles. The average molecular weight is 506 g/mol. The molecule has 0 nitrogen and oxygen atoms in total. The van der Waals surface area contributed by atoms with Gasteiger partial charge in [0.25, 0.3) is 0 Å². The Kier molecular flexibility index (Phi) is 6.30. The first-order chi connectivity index (χ1) is 18.4. The maximum absolute atomic E-state index is 2.51. The first-order valence-corrected chi connectivity index (χ1v) is 15.9. The van der Waals surface area contributed by atoms with Gasteiger partial charge in [-0.25, -0.2) is 0 Å². The second-order valence-electron chi connectivity index (χ2n) is 14.8. The molecule has 3 aliphatic carbocycles. The van der Waals surface area contributed by atoms with Gasteiger partial charge in [0.1, 0.15) is 0 Å². The number of rotatable bonds is 6. The molecule has 0 heterocycles. The van der Waals surface area contributed by atoms with Gasteiger partial charge in [-0.1, -0.05) is 151 Å². The lowest BCUT2D eigenvalue weighted by atomic mass is 9.29. The van der Waals surface area contributed by atoms with E-state index in [1.165, 1.54) is 0 Å². The van der Waals surface area contributed by atoms with Crippen LogP contribution in [0, 0.1) is 0 Å². The van der Waals surface area contributed by atoms with Crippen molar-refractivity contribution in [2.24, 2.45) is 0 Å². The van der Waals surface area contributed by atoms with Crippen LogP contribution in [0.3, 0.4) is 0 Å². The molecule has 1 spiro atoms. The van der Waals surface area contributed by atoms with Crippen LogP contribution in [0.2, 0.25) is 81.9 Å². The second-order valence-corrected chi connectivity index (χ2v) is 14.8. The summed E-state index contributed by atoms with van der Waals surface area (Å²) < 4.78 is 0. The second kappa shape index (κ2) is 9.03. The average Bonchev–Trinajstić information content (AvgIpc) is 3.05. The monoisotopic (exact) mass is 506 g/mol. The summed E-state index contributed by atoms with van der Waals surface area (Å²) in [6.45, 7) is 32.1. The summed E-state index contributed by atoms with van der Waals surface area (Å²) >= 11 is 0. The van der Waals surface area contributed by atoms with E-state index in [9.17, 15) is 0 Å². The van der Waals surface area contributed by atoms with Gasteiger partial charge in [-0.3, -0.25) is 0 Å². The maximum Gasteiger partial charge on any atom is 0.170 e. The molecule has 3 aliphatic rings. The highest BCUT2D eigenvalue weighted by molar-refractivity contribution is 6.76. The van der Waals surface area contributed by atoms with Crippen molar-refractivity contribution in [2.45, 2.75) is 99.1 Å². The molecule has 3 aromatic carbocycles. The van der Waals surface area contributed by atoms with E-state index < -0.39 is 0 Å². The molecule has 0 N–H and O–H groups in total. The van der Waals surface area contributed by atoms with Crippen molar-refractivity contribution in [1.29, 1.82) is 0 Å². The van der Waals surface area contributed by atoms with E-state index in [0.29, 0.717) is 52.1 Å². The molecule has 0 radical (unpaired) electrons. The molecule has 2 unspecified atom stereocenters. The van der Waals surface area contributed by atoms with E-state index in [0.717, 1.165) is 0 Å². The molecule has 39 heavy (non-hydrogen) atoms. The Morgan fingerprint density at radius 3 is 0.846 bits per heavy atom. The van der Waals surface area contributed by atoms with Gasteiger partial charge < -0.3 is 0 Å². The summed E-state index contributed by atoms with van der Waals surface area (Å²) in [4.78, 5) is 0. The molecule has 6 heteroatoms. The van der Waals surface area contributed by atoms with Crippen LogP contribution in [0.5, 0.6) is 0 Å². The molecule has 194 valence electrons. The molecule has 0 aromatic heterocycles. The summed E-state index contributed by atoms with van der Waals surface area (Å²) in [5.74, 6) is 0.958. The summed E-state index contributed by atoms with van der Waals surface area (Å²) in [7, 11) is 0. The molecule has 0 saturated heterocycles.